The van der Waals surface area contributed by atoms with Crippen LogP contribution < -0.4 is 9.46 Å². The lowest BCUT2D eigenvalue weighted by atomic mass is 9.81. The topological polar surface area (TPSA) is 104 Å². The molecule has 45 heavy (non-hydrogen) atoms. The smallest absolute Gasteiger partial charge is 0.303 e. The van der Waals surface area contributed by atoms with Crippen LogP contribution in [-0.4, -0.2) is 92.3 Å². The third kappa shape index (κ3) is 4.60. The van der Waals surface area contributed by atoms with Crippen molar-refractivity contribution in [2.75, 3.05) is 53.4 Å². The Hall–Kier alpha value is -3.41. The molecule has 6 aliphatic rings. The highest BCUT2D eigenvalue weighted by atomic mass is 32.2. The maximum atomic E-state index is 14.6. The number of rotatable bonds is 2. The Bertz CT molecular complexity index is 1820. The molecule has 11 heteroatoms. The Morgan fingerprint density at radius 1 is 0.933 bits per heavy atom. The lowest BCUT2D eigenvalue weighted by molar-refractivity contribution is -0.139. The molecule has 238 valence electrons. The second-order valence-corrected chi connectivity index (χ2v) is 15.5. The molecule has 2 aliphatic carbocycles. The van der Waals surface area contributed by atoms with E-state index in [1.807, 2.05) is 23.1 Å². The first-order valence-corrected chi connectivity index (χ1v) is 17.8. The van der Waals surface area contributed by atoms with Gasteiger partial charge in [-0.05, 0) is 66.6 Å². The summed E-state index contributed by atoms with van der Waals surface area (Å²) in [7, 11) is -0.850. The van der Waals surface area contributed by atoms with Crippen LogP contribution in [0.3, 0.4) is 0 Å². The second-order valence-electron chi connectivity index (χ2n) is 13.7. The van der Waals surface area contributed by atoms with Gasteiger partial charge in [0.1, 0.15) is 5.75 Å². The molecular weight excluding hydrogens is 590 g/mol. The molecule has 10 nitrogen and oxygen atoms in total. The number of amides is 2. The molecule has 0 unspecified atom stereocenters. The predicted octanol–water partition coefficient (Wildman–Crippen LogP) is 3.92. The Labute approximate surface area is 264 Å². The monoisotopic (exact) mass is 631 g/mol. The number of carbonyl (C=O) groups is 2. The summed E-state index contributed by atoms with van der Waals surface area (Å²) in [5, 5.41) is 1.09. The summed E-state index contributed by atoms with van der Waals surface area (Å²) in [6.07, 6.45) is 6.56. The minimum absolute atomic E-state index is 0.0784. The summed E-state index contributed by atoms with van der Waals surface area (Å²) in [6.45, 7) is 3.89. The molecule has 9 rings (SSSR count). The third-order valence-corrected chi connectivity index (χ3v) is 12.7. The van der Waals surface area contributed by atoms with Gasteiger partial charge in [-0.3, -0.25) is 14.5 Å². The number of likely N-dealkylation sites (N-methyl/N-ethyl adjacent to an activating group) is 1. The summed E-state index contributed by atoms with van der Waals surface area (Å²) in [6, 6.07) is 11.9. The van der Waals surface area contributed by atoms with Crippen molar-refractivity contribution in [3.63, 3.8) is 0 Å². The number of aromatic nitrogens is 1. The van der Waals surface area contributed by atoms with Crippen LogP contribution in [0.15, 0.2) is 36.4 Å². The minimum atomic E-state index is -4.03. The van der Waals surface area contributed by atoms with Gasteiger partial charge in [0.05, 0.1) is 18.2 Å². The van der Waals surface area contributed by atoms with Crippen LogP contribution in [0, 0.1) is 5.41 Å². The molecule has 4 aliphatic heterocycles. The molecule has 5 heterocycles. The first-order chi connectivity index (χ1) is 21.7. The summed E-state index contributed by atoms with van der Waals surface area (Å²) in [5.74, 6) is 0.790. The van der Waals surface area contributed by atoms with Gasteiger partial charge in [-0.2, -0.15) is 12.7 Å². The van der Waals surface area contributed by atoms with Gasteiger partial charge >= 0.3 is 10.2 Å². The first kappa shape index (κ1) is 29.0. The maximum Gasteiger partial charge on any atom is 0.303 e. The number of methoxy groups -OCH3 is 1. The highest BCUT2D eigenvalue weighted by molar-refractivity contribution is 7.87. The van der Waals surface area contributed by atoms with E-state index in [4.69, 9.17) is 4.74 Å². The van der Waals surface area contributed by atoms with E-state index in [0.29, 0.717) is 50.7 Å². The molecule has 6 bridgehead atoms. The quantitative estimate of drug-likeness (QED) is 0.460. The summed E-state index contributed by atoms with van der Waals surface area (Å²) >= 11 is 0. The van der Waals surface area contributed by atoms with Crippen molar-refractivity contribution in [1.29, 1.82) is 0 Å². The van der Waals surface area contributed by atoms with Crippen molar-refractivity contribution in [2.45, 2.75) is 56.9 Å². The normalized spacial score (nSPS) is 27.2. The lowest BCUT2D eigenvalue weighted by Crippen LogP contribution is -2.53. The van der Waals surface area contributed by atoms with E-state index in [0.717, 1.165) is 47.2 Å². The Morgan fingerprint density at radius 3 is 2.44 bits per heavy atom. The number of piperazine rings is 1. The van der Waals surface area contributed by atoms with Gasteiger partial charge in [-0.15, -0.1) is 0 Å². The molecule has 1 saturated heterocycles. The van der Waals surface area contributed by atoms with Gasteiger partial charge in [-0.25, -0.2) is 4.72 Å². The standard InChI is InChI=1S/C34H41N5O5S/c1-36-12-13-37-14-16-38(17-15-37)33(41)34-20-28(34)27-19-24(44-2)9-11-25(27)31-30(22-6-4-3-5-7-22)26-10-8-23(18-29(26)39(31)21-34)32(40)35-45(36,42)43/h8-11,18-19,22,28H,3-7,12-17,20-21H2,1-2H3,(H,35,40)/t28-,34-/m0/s1. The van der Waals surface area contributed by atoms with E-state index in [9.17, 15) is 18.0 Å². The van der Waals surface area contributed by atoms with Gasteiger partial charge in [0.2, 0.25) is 5.91 Å². The number of hydrogen-bond acceptors (Lipinski definition) is 6. The zero-order valence-corrected chi connectivity index (χ0v) is 26.9. The Morgan fingerprint density at radius 2 is 1.69 bits per heavy atom. The van der Waals surface area contributed by atoms with E-state index < -0.39 is 21.5 Å². The molecule has 1 aromatic heterocycles. The van der Waals surface area contributed by atoms with Crippen molar-refractivity contribution >= 4 is 32.9 Å². The summed E-state index contributed by atoms with van der Waals surface area (Å²) < 4.78 is 37.9. The zero-order valence-electron chi connectivity index (χ0n) is 26.0. The molecule has 2 amide bonds. The van der Waals surface area contributed by atoms with Crippen molar-refractivity contribution in [2.24, 2.45) is 5.41 Å². The largest absolute Gasteiger partial charge is 0.497 e. The Balaban J connectivity index is 1.37. The van der Waals surface area contributed by atoms with E-state index >= 15 is 0 Å². The van der Waals surface area contributed by atoms with Gasteiger partial charge in [0.25, 0.3) is 5.91 Å². The minimum Gasteiger partial charge on any atom is -0.497 e. The van der Waals surface area contributed by atoms with Crippen molar-refractivity contribution in [3.05, 3.63) is 53.1 Å². The van der Waals surface area contributed by atoms with Gasteiger partial charge in [0, 0.05) is 80.8 Å². The van der Waals surface area contributed by atoms with Crippen molar-refractivity contribution in [3.8, 4) is 17.0 Å². The molecule has 3 fully saturated rings. The fraction of sp³-hybridized carbons (Fsp3) is 0.529. The average molecular weight is 632 g/mol. The van der Waals surface area contributed by atoms with E-state index in [2.05, 4.69) is 26.3 Å². The fourth-order valence-corrected chi connectivity index (χ4v) is 9.40. The van der Waals surface area contributed by atoms with Gasteiger partial charge in [-0.1, -0.05) is 25.3 Å². The number of carbonyl (C=O) groups excluding carboxylic acids is 2. The number of benzene rings is 2. The van der Waals surface area contributed by atoms with Crippen LogP contribution >= 0.6 is 0 Å². The molecule has 2 saturated carbocycles. The highest BCUT2D eigenvalue weighted by Crippen LogP contribution is 2.66. The Kier molecular flexibility index (Phi) is 6.82. The van der Waals surface area contributed by atoms with Crippen LogP contribution in [0.25, 0.3) is 22.2 Å². The van der Waals surface area contributed by atoms with Crippen LogP contribution in [-0.2, 0) is 21.5 Å². The third-order valence-electron chi connectivity index (χ3n) is 11.2. The zero-order chi connectivity index (χ0) is 31.1. The number of fused-ring (bicyclic) bond motifs is 10. The molecule has 3 aromatic rings. The summed E-state index contributed by atoms with van der Waals surface area (Å²) in [5.41, 5.74) is 5.34. The molecule has 0 radical (unpaired) electrons. The van der Waals surface area contributed by atoms with Crippen molar-refractivity contribution < 1.29 is 22.7 Å². The molecule has 2 atom stereocenters. The van der Waals surface area contributed by atoms with Crippen molar-refractivity contribution in [1.82, 2.24) is 23.4 Å². The number of nitrogens with zero attached hydrogens (tertiary/aromatic N) is 4. The van der Waals surface area contributed by atoms with Crippen LogP contribution in [0.1, 0.15) is 71.8 Å². The lowest BCUT2D eigenvalue weighted by Gasteiger charge is -2.37. The summed E-state index contributed by atoms with van der Waals surface area (Å²) in [4.78, 5) is 32.4. The van der Waals surface area contributed by atoms with Gasteiger partial charge in [0.15, 0.2) is 0 Å². The highest BCUT2D eigenvalue weighted by Gasteiger charge is 2.64. The molecular formula is C34H41N5O5S. The fourth-order valence-electron chi connectivity index (χ4n) is 8.57. The maximum absolute atomic E-state index is 14.6. The second kappa shape index (κ2) is 10.6. The molecule has 1 N–H and O–H groups in total. The van der Waals surface area contributed by atoms with E-state index in [1.54, 1.807) is 13.2 Å². The SMILES string of the molecule is COc1ccc2c(c1)[C@@H]1C[C@]13Cn1c-2c(C2CCCCC2)c2ccc(cc21)C(=O)NS(=O)(=O)N(C)CCN1CCN(CC1)C3=O. The van der Waals surface area contributed by atoms with E-state index in [-0.39, 0.29) is 18.4 Å². The predicted molar refractivity (Wildman–Crippen MR) is 172 cm³/mol. The van der Waals surface area contributed by atoms with Crippen LogP contribution in [0.4, 0.5) is 0 Å². The van der Waals surface area contributed by atoms with Gasteiger partial charge < -0.3 is 14.2 Å². The average Bonchev–Trinajstić information content (AvgIpc) is 3.72. The number of hydrogen-bond donors (Lipinski definition) is 1. The number of nitrogens with one attached hydrogen (secondary N) is 1. The first-order valence-electron chi connectivity index (χ1n) is 16.3. The number of ether oxygens (including phenoxy) is 1. The molecule has 2 aromatic carbocycles. The van der Waals surface area contributed by atoms with E-state index in [1.165, 1.54) is 41.7 Å². The van der Waals surface area contributed by atoms with Crippen LogP contribution in [0.2, 0.25) is 0 Å². The van der Waals surface area contributed by atoms with Crippen LogP contribution in [0.5, 0.6) is 5.75 Å². The molecule has 1 spiro atoms.